The summed E-state index contributed by atoms with van der Waals surface area (Å²) in [6.07, 6.45) is 0.676. The molecule has 1 spiro atoms. The van der Waals surface area contributed by atoms with Gasteiger partial charge in [-0.3, -0.25) is 10.1 Å². The van der Waals surface area contributed by atoms with Crippen LogP contribution < -0.4 is 10.6 Å². The Labute approximate surface area is 168 Å². The third-order valence-electron chi connectivity index (χ3n) is 6.10. The number of ether oxygens (including phenoxy) is 1. The molecule has 2 N–H and O–H groups in total. The third-order valence-corrected chi connectivity index (χ3v) is 6.10. The average Bonchev–Trinajstić information content (AvgIpc) is 3.19. The zero-order valence-corrected chi connectivity index (χ0v) is 15.8. The van der Waals surface area contributed by atoms with Crippen molar-refractivity contribution in [2.75, 3.05) is 19.7 Å². The molecule has 1 aliphatic carbocycles. The van der Waals surface area contributed by atoms with Crippen LogP contribution in [0.25, 0.3) is 11.1 Å². The van der Waals surface area contributed by atoms with Crippen LogP contribution >= 0.6 is 0 Å². The lowest BCUT2D eigenvalue weighted by Crippen LogP contribution is -2.59. The van der Waals surface area contributed by atoms with E-state index in [9.17, 15) is 14.4 Å². The fourth-order valence-corrected chi connectivity index (χ4v) is 4.71. The number of nitrogens with zero attached hydrogens (tertiary/aromatic N) is 1. The Morgan fingerprint density at radius 2 is 1.72 bits per heavy atom. The average molecular weight is 391 g/mol. The number of urea groups is 1. The minimum atomic E-state index is -1.04. The molecule has 2 aliphatic heterocycles. The molecule has 2 aromatic rings. The third kappa shape index (κ3) is 2.85. The molecule has 0 bridgehead atoms. The summed E-state index contributed by atoms with van der Waals surface area (Å²) in [6, 6.07) is 15.8. The molecule has 1 unspecified atom stereocenters. The lowest BCUT2D eigenvalue weighted by atomic mass is 9.89. The smallest absolute Gasteiger partial charge is 0.409 e. The topological polar surface area (TPSA) is 87.7 Å². The van der Waals surface area contributed by atoms with E-state index >= 15 is 0 Å². The monoisotopic (exact) mass is 391 g/mol. The molecule has 2 aromatic carbocycles. The number of fused-ring (bicyclic) bond motifs is 3. The quantitative estimate of drug-likeness (QED) is 0.771. The van der Waals surface area contributed by atoms with E-state index < -0.39 is 17.7 Å². The van der Waals surface area contributed by atoms with Crippen molar-refractivity contribution in [3.05, 3.63) is 59.7 Å². The van der Waals surface area contributed by atoms with Gasteiger partial charge in [0.05, 0.1) is 6.54 Å². The Morgan fingerprint density at radius 1 is 1.07 bits per heavy atom. The van der Waals surface area contributed by atoms with Gasteiger partial charge >= 0.3 is 12.1 Å². The minimum absolute atomic E-state index is 0.0143. The molecule has 4 amide bonds. The summed E-state index contributed by atoms with van der Waals surface area (Å²) in [7, 11) is 0. The number of amides is 4. The van der Waals surface area contributed by atoms with Crippen molar-refractivity contribution in [1.82, 2.24) is 15.5 Å². The van der Waals surface area contributed by atoms with E-state index in [1.807, 2.05) is 24.3 Å². The zero-order chi connectivity index (χ0) is 20.0. The first kappa shape index (κ1) is 17.7. The Kier molecular flexibility index (Phi) is 4.04. The standard InChI is InChI=1S/C22H21N3O4/c26-19-22(24-20(27)23-19)10-5-11-25(13-22)21(28)29-12-18-16-8-3-1-6-14(16)15-7-2-4-9-17(15)18/h1-4,6-9,18H,5,10-13H2,(H2,23,24,26,27). The van der Waals surface area contributed by atoms with Gasteiger partial charge in [0, 0.05) is 12.5 Å². The molecule has 2 fully saturated rings. The molecule has 0 aromatic heterocycles. The molecular weight excluding hydrogens is 370 g/mol. The van der Waals surface area contributed by atoms with Gasteiger partial charge in [0.15, 0.2) is 0 Å². The van der Waals surface area contributed by atoms with E-state index in [4.69, 9.17) is 4.74 Å². The van der Waals surface area contributed by atoms with Crippen LogP contribution in [0.4, 0.5) is 9.59 Å². The number of carbonyl (C=O) groups is 3. The second-order valence-electron chi connectivity index (χ2n) is 7.82. The second-order valence-corrected chi connectivity index (χ2v) is 7.82. The Balaban J connectivity index is 1.31. The van der Waals surface area contributed by atoms with Crippen LogP contribution in [0.15, 0.2) is 48.5 Å². The molecule has 2 saturated heterocycles. The summed E-state index contributed by atoms with van der Waals surface area (Å²) in [5.74, 6) is -0.391. The van der Waals surface area contributed by atoms with E-state index in [0.29, 0.717) is 19.4 Å². The number of hydrogen-bond acceptors (Lipinski definition) is 4. The normalized spacial score (nSPS) is 22.8. The maximum atomic E-state index is 12.8. The van der Waals surface area contributed by atoms with Crippen LogP contribution in [0.1, 0.15) is 29.9 Å². The number of rotatable bonds is 2. The van der Waals surface area contributed by atoms with Gasteiger partial charge in [0.25, 0.3) is 5.91 Å². The number of likely N-dealkylation sites (tertiary alicyclic amines) is 1. The van der Waals surface area contributed by atoms with Crippen molar-refractivity contribution in [3.8, 4) is 11.1 Å². The van der Waals surface area contributed by atoms with E-state index in [-0.39, 0.29) is 25.0 Å². The Hall–Kier alpha value is -3.35. The van der Waals surface area contributed by atoms with Gasteiger partial charge in [-0.05, 0) is 35.1 Å². The van der Waals surface area contributed by atoms with Gasteiger partial charge in [-0.2, -0.15) is 0 Å². The molecule has 7 nitrogen and oxygen atoms in total. The van der Waals surface area contributed by atoms with E-state index in [1.165, 1.54) is 16.0 Å². The molecule has 0 radical (unpaired) electrons. The number of imide groups is 1. The lowest BCUT2D eigenvalue weighted by molar-refractivity contribution is -0.125. The van der Waals surface area contributed by atoms with Gasteiger partial charge < -0.3 is 15.0 Å². The van der Waals surface area contributed by atoms with Gasteiger partial charge in [-0.25, -0.2) is 9.59 Å². The molecule has 29 heavy (non-hydrogen) atoms. The van der Waals surface area contributed by atoms with Gasteiger partial charge in [-0.1, -0.05) is 48.5 Å². The highest BCUT2D eigenvalue weighted by molar-refractivity contribution is 6.07. The van der Waals surface area contributed by atoms with Crippen LogP contribution in [0.3, 0.4) is 0 Å². The second kappa shape index (κ2) is 6.62. The fourth-order valence-electron chi connectivity index (χ4n) is 4.71. The first-order valence-electron chi connectivity index (χ1n) is 9.81. The maximum Gasteiger partial charge on any atom is 0.409 e. The summed E-state index contributed by atoms with van der Waals surface area (Å²) >= 11 is 0. The molecule has 5 rings (SSSR count). The number of hydrogen-bond donors (Lipinski definition) is 2. The SMILES string of the molecule is O=C1NC(=O)C2(CCCN(C(=O)OCC3c4ccccc4-c4ccccc43)C2)N1. The molecule has 0 saturated carbocycles. The molecule has 148 valence electrons. The highest BCUT2D eigenvalue weighted by atomic mass is 16.6. The largest absolute Gasteiger partial charge is 0.448 e. The molecule has 2 heterocycles. The molecule has 7 heteroatoms. The highest BCUT2D eigenvalue weighted by Crippen LogP contribution is 2.44. The highest BCUT2D eigenvalue weighted by Gasteiger charge is 2.49. The number of nitrogens with one attached hydrogen (secondary N) is 2. The van der Waals surface area contributed by atoms with Crippen molar-refractivity contribution >= 4 is 18.0 Å². The molecule has 1 atom stereocenters. The van der Waals surface area contributed by atoms with Crippen molar-refractivity contribution in [2.45, 2.75) is 24.3 Å². The summed E-state index contributed by atoms with van der Waals surface area (Å²) in [5.41, 5.74) is 3.61. The van der Waals surface area contributed by atoms with Crippen LogP contribution in [-0.2, 0) is 9.53 Å². The Bertz CT molecular complexity index is 975. The van der Waals surface area contributed by atoms with Crippen LogP contribution in [0.5, 0.6) is 0 Å². The first-order valence-corrected chi connectivity index (χ1v) is 9.81. The molecule has 3 aliphatic rings. The van der Waals surface area contributed by atoms with Crippen LogP contribution in [-0.4, -0.2) is 48.2 Å². The summed E-state index contributed by atoms with van der Waals surface area (Å²) in [4.78, 5) is 38.0. The van der Waals surface area contributed by atoms with E-state index in [2.05, 4.69) is 34.9 Å². The summed E-state index contributed by atoms with van der Waals surface area (Å²) in [6.45, 7) is 0.859. The predicted octanol–water partition coefficient (Wildman–Crippen LogP) is 2.61. The minimum Gasteiger partial charge on any atom is -0.448 e. The van der Waals surface area contributed by atoms with Crippen LogP contribution in [0, 0.1) is 0 Å². The van der Waals surface area contributed by atoms with Crippen molar-refractivity contribution in [3.63, 3.8) is 0 Å². The van der Waals surface area contributed by atoms with Gasteiger partial charge in [0.2, 0.25) is 0 Å². The number of benzene rings is 2. The fraction of sp³-hybridized carbons (Fsp3) is 0.318. The first-order chi connectivity index (χ1) is 14.1. The number of piperidine rings is 1. The summed E-state index contributed by atoms with van der Waals surface area (Å²) in [5, 5.41) is 4.95. The maximum absolute atomic E-state index is 12.8. The van der Waals surface area contributed by atoms with Crippen LogP contribution in [0.2, 0.25) is 0 Å². The summed E-state index contributed by atoms with van der Waals surface area (Å²) < 4.78 is 5.69. The van der Waals surface area contributed by atoms with Crippen molar-refractivity contribution in [2.24, 2.45) is 0 Å². The van der Waals surface area contributed by atoms with E-state index in [1.54, 1.807) is 0 Å². The van der Waals surface area contributed by atoms with Gasteiger partial charge in [0.1, 0.15) is 12.1 Å². The van der Waals surface area contributed by atoms with Crippen molar-refractivity contribution < 1.29 is 19.1 Å². The van der Waals surface area contributed by atoms with Gasteiger partial charge in [-0.15, -0.1) is 0 Å². The molecular formula is C22H21N3O4. The predicted molar refractivity (Wildman–Crippen MR) is 105 cm³/mol. The van der Waals surface area contributed by atoms with E-state index in [0.717, 1.165) is 11.1 Å². The lowest BCUT2D eigenvalue weighted by Gasteiger charge is -2.37. The number of carbonyl (C=O) groups excluding carboxylic acids is 3. The Morgan fingerprint density at radius 3 is 2.34 bits per heavy atom. The van der Waals surface area contributed by atoms with Crippen molar-refractivity contribution in [1.29, 1.82) is 0 Å². The zero-order valence-electron chi connectivity index (χ0n) is 15.8.